The van der Waals surface area contributed by atoms with Crippen molar-refractivity contribution in [1.82, 2.24) is 9.80 Å². The van der Waals surface area contributed by atoms with Crippen molar-refractivity contribution in [3.05, 3.63) is 65.7 Å². The molecule has 0 unspecified atom stereocenters. The van der Waals surface area contributed by atoms with Crippen molar-refractivity contribution in [2.24, 2.45) is 0 Å². The Morgan fingerprint density at radius 1 is 0.815 bits per heavy atom. The molecule has 1 N–H and O–H groups in total. The van der Waals surface area contributed by atoms with Crippen LogP contribution in [0.5, 0.6) is 0 Å². The van der Waals surface area contributed by atoms with E-state index in [-0.39, 0.29) is 37.8 Å². The summed E-state index contributed by atoms with van der Waals surface area (Å²) in [5, 5.41) is 2.75. The average molecular weight is 377 g/mol. The van der Waals surface area contributed by atoms with Crippen LogP contribution in [-0.4, -0.2) is 47.9 Å². The van der Waals surface area contributed by atoms with Crippen molar-refractivity contribution >= 4 is 17.6 Å². The molecule has 0 bridgehead atoms. The van der Waals surface area contributed by atoms with Gasteiger partial charge in [-0.05, 0) is 24.3 Å². The first-order valence-corrected chi connectivity index (χ1v) is 8.43. The van der Waals surface area contributed by atoms with Crippen LogP contribution in [0.25, 0.3) is 0 Å². The monoisotopic (exact) mass is 377 g/mol. The number of rotatable bonds is 2. The summed E-state index contributed by atoms with van der Waals surface area (Å²) >= 11 is 0. The highest BCUT2D eigenvalue weighted by Crippen LogP contribution is 2.32. The lowest BCUT2D eigenvalue weighted by molar-refractivity contribution is -0.138. The highest BCUT2D eigenvalue weighted by Gasteiger charge is 2.36. The minimum atomic E-state index is -4.59. The molecule has 1 aliphatic rings. The van der Waals surface area contributed by atoms with Crippen LogP contribution in [0.4, 0.5) is 23.7 Å². The summed E-state index contributed by atoms with van der Waals surface area (Å²) in [6, 6.07) is 13.4. The van der Waals surface area contributed by atoms with Gasteiger partial charge in [0, 0.05) is 31.9 Å². The number of anilines is 1. The number of para-hydroxylation sites is 1. The Bertz CT molecular complexity index is 816. The van der Waals surface area contributed by atoms with Gasteiger partial charge in [-0.3, -0.25) is 4.79 Å². The molecule has 142 valence electrons. The average Bonchev–Trinajstić information content (AvgIpc) is 2.67. The van der Waals surface area contributed by atoms with E-state index in [9.17, 15) is 22.8 Å². The van der Waals surface area contributed by atoms with Gasteiger partial charge in [-0.25, -0.2) is 4.79 Å². The van der Waals surface area contributed by atoms with Crippen molar-refractivity contribution in [2.75, 3.05) is 31.5 Å². The number of hydrogen-bond donors (Lipinski definition) is 1. The maximum absolute atomic E-state index is 13.1. The fourth-order valence-corrected chi connectivity index (χ4v) is 2.92. The Morgan fingerprint density at radius 3 is 2.00 bits per heavy atom. The summed E-state index contributed by atoms with van der Waals surface area (Å²) in [6.45, 7) is 0.845. The Kier molecular flexibility index (Phi) is 5.34. The molecule has 3 amide bonds. The van der Waals surface area contributed by atoms with E-state index in [1.807, 2.05) is 6.07 Å². The zero-order chi connectivity index (χ0) is 19.4. The number of benzene rings is 2. The lowest BCUT2D eigenvalue weighted by Gasteiger charge is -2.35. The third-order valence-electron chi connectivity index (χ3n) is 4.34. The van der Waals surface area contributed by atoms with Crippen LogP contribution >= 0.6 is 0 Å². The smallest absolute Gasteiger partial charge is 0.335 e. The molecule has 0 aliphatic carbocycles. The first kappa shape index (κ1) is 18.8. The Labute approximate surface area is 154 Å². The van der Waals surface area contributed by atoms with Crippen LogP contribution in [0, 0.1) is 0 Å². The van der Waals surface area contributed by atoms with Gasteiger partial charge in [-0.1, -0.05) is 30.3 Å². The highest BCUT2D eigenvalue weighted by molar-refractivity contribution is 5.96. The minimum Gasteiger partial charge on any atom is -0.335 e. The highest BCUT2D eigenvalue weighted by atomic mass is 19.4. The van der Waals surface area contributed by atoms with Crippen molar-refractivity contribution < 1.29 is 22.8 Å². The Morgan fingerprint density at radius 2 is 1.37 bits per heavy atom. The number of halogens is 3. The number of hydrogen-bond acceptors (Lipinski definition) is 2. The van der Waals surface area contributed by atoms with Crippen LogP contribution < -0.4 is 5.32 Å². The molecule has 0 radical (unpaired) electrons. The number of piperazine rings is 1. The first-order chi connectivity index (χ1) is 12.9. The SMILES string of the molecule is O=C(Nc1ccccc1)N1CCN(C(=O)c2ccccc2C(F)(F)F)CC1. The van der Waals surface area contributed by atoms with Gasteiger partial charge < -0.3 is 15.1 Å². The fraction of sp³-hybridized carbons (Fsp3) is 0.263. The normalized spacial score (nSPS) is 14.8. The van der Waals surface area contributed by atoms with E-state index in [1.54, 1.807) is 24.3 Å². The van der Waals surface area contributed by atoms with Crippen LogP contribution in [0.1, 0.15) is 15.9 Å². The van der Waals surface area contributed by atoms with Gasteiger partial charge in [0.25, 0.3) is 5.91 Å². The van der Waals surface area contributed by atoms with Gasteiger partial charge in [-0.15, -0.1) is 0 Å². The second-order valence-corrected chi connectivity index (χ2v) is 6.12. The number of nitrogens with one attached hydrogen (secondary N) is 1. The van der Waals surface area contributed by atoms with E-state index < -0.39 is 17.6 Å². The fourth-order valence-electron chi connectivity index (χ4n) is 2.92. The molecule has 0 spiro atoms. The largest absolute Gasteiger partial charge is 0.417 e. The topological polar surface area (TPSA) is 52.7 Å². The molecule has 0 saturated carbocycles. The summed E-state index contributed by atoms with van der Waals surface area (Å²) in [5.74, 6) is -0.675. The van der Waals surface area contributed by atoms with Gasteiger partial charge in [0.05, 0.1) is 11.1 Å². The van der Waals surface area contributed by atoms with Gasteiger partial charge >= 0.3 is 12.2 Å². The first-order valence-electron chi connectivity index (χ1n) is 8.43. The van der Waals surface area contributed by atoms with E-state index in [0.717, 1.165) is 6.07 Å². The predicted molar refractivity (Wildman–Crippen MR) is 94.4 cm³/mol. The van der Waals surface area contributed by atoms with E-state index in [1.165, 1.54) is 28.0 Å². The summed E-state index contributed by atoms with van der Waals surface area (Å²) in [6.07, 6.45) is -4.59. The molecule has 2 aromatic carbocycles. The zero-order valence-corrected chi connectivity index (χ0v) is 14.4. The van der Waals surface area contributed by atoms with Gasteiger partial charge in [0.15, 0.2) is 0 Å². The number of urea groups is 1. The predicted octanol–water partition coefficient (Wildman–Crippen LogP) is 3.70. The second-order valence-electron chi connectivity index (χ2n) is 6.12. The molecule has 3 rings (SSSR count). The summed E-state index contributed by atoms with van der Waals surface area (Å²) in [5.41, 5.74) is -0.661. The molecular formula is C19H18F3N3O2. The van der Waals surface area contributed by atoms with E-state index in [0.29, 0.717) is 5.69 Å². The van der Waals surface area contributed by atoms with E-state index >= 15 is 0 Å². The number of carbonyl (C=O) groups excluding carboxylic acids is 2. The summed E-state index contributed by atoms with van der Waals surface area (Å²) in [4.78, 5) is 27.7. The number of nitrogens with zero attached hydrogens (tertiary/aromatic N) is 2. The maximum atomic E-state index is 13.1. The third-order valence-corrected chi connectivity index (χ3v) is 4.34. The van der Waals surface area contributed by atoms with Crippen LogP contribution in [-0.2, 0) is 6.18 Å². The molecule has 8 heteroatoms. The van der Waals surface area contributed by atoms with E-state index in [4.69, 9.17) is 0 Å². The molecule has 0 aromatic heterocycles. The third kappa shape index (κ3) is 4.39. The van der Waals surface area contributed by atoms with Crippen molar-refractivity contribution in [3.8, 4) is 0 Å². The maximum Gasteiger partial charge on any atom is 0.417 e. The van der Waals surface area contributed by atoms with Gasteiger partial charge in [-0.2, -0.15) is 13.2 Å². The summed E-state index contributed by atoms with van der Waals surface area (Å²) in [7, 11) is 0. The van der Waals surface area contributed by atoms with Gasteiger partial charge in [0.2, 0.25) is 0 Å². The zero-order valence-electron chi connectivity index (χ0n) is 14.4. The lowest BCUT2D eigenvalue weighted by atomic mass is 10.1. The number of carbonyl (C=O) groups is 2. The molecular weight excluding hydrogens is 359 g/mol. The molecule has 1 fully saturated rings. The lowest BCUT2D eigenvalue weighted by Crippen LogP contribution is -2.51. The second kappa shape index (κ2) is 7.69. The van der Waals surface area contributed by atoms with Crippen LogP contribution in [0.3, 0.4) is 0 Å². The van der Waals surface area contributed by atoms with E-state index in [2.05, 4.69) is 5.32 Å². The molecule has 1 saturated heterocycles. The number of amides is 3. The van der Waals surface area contributed by atoms with Crippen molar-refractivity contribution in [1.29, 1.82) is 0 Å². The standard InChI is InChI=1S/C19H18F3N3O2/c20-19(21,22)16-9-5-4-8-15(16)17(26)24-10-12-25(13-11-24)18(27)23-14-6-2-1-3-7-14/h1-9H,10-13H2,(H,23,27). The molecule has 27 heavy (non-hydrogen) atoms. The Balaban J connectivity index is 1.63. The quantitative estimate of drug-likeness (QED) is 0.868. The van der Waals surface area contributed by atoms with Gasteiger partial charge in [0.1, 0.15) is 0 Å². The summed E-state index contributed by atoms with van der Waals surface area (Å²) < 4.78 is 39.4. The Hall–Kier alpha value is -3.03. The molecule has 2 aromatic rings. The van der Waals surface area contributed by atoms with Crippen LogP contribution in [0.2, 0.25) is 0 Å². The minimum absolute atomic E-state index is 0.174. The molecule has 1 heterocycles. The van der Waals surface area contributed by atoms with Crippen LogP contribution in [0.15, 0.2) is 54.6 Å². The molecule has 1 aliphatic heterocycles. The number of alkyl halides is 3. The molecule has 5 nitrogen and oxygen atoms in total. The van der Waals surface area contributed by atoms with Crippen molar-refractivity contribution in [2.45, 2.75) is 6.18 Å². The molecule has 0 atom stereocenters. The van der Waals surface area contributed by atoms with Crippen molar-refractivity contribution in [3.63, 3.8) is 0 Å².